The Kier molecular flexibility index (Phi) is 3.85. The summed E-state index contributed by atoms with van der Waals surface area (Å²) in [5, 5.41) is 3.96. The SMILES string of the molecule is Cc1ccc(CC(=O)C2CNCC2C)c(Cl)c1. The quantitative estimate of drug-likeness (QED) is 0.895. The molecule has 0 amide bonds. The van der Waals surface area contributed by atoms with Crippen molar-refractivity contribution in [2.45, 2.75) is 20.3 Å². The third-order valence-corrected chi connectivity index (χ3v) is 3.86. The maximum Gasteiger partial charge on any atom is 0.141 e. The lowest BCUT2D eigenvalue weighted by molar-refractivity contribution is -0.122. The highest BCUT2D eigenvalue weighted by molar-refractivity contribution is 6.31. The maximum absolute atomic E-state index is 12.2. The van der Waals surface area contributed by atoms with Gasteiger partial charge in [0.2, 0.25) is 0 Å². The van der Waals surface area contributed by atoms with E-state index in [1.165, 1.54) is 0 Å². The molecule has 3 heteroatoms. The van der Waals surface area contributed by atoms with Crippen LogP contribution in [0.15, 0.2) is 18.2 Å². The molecule has 2 nitrogen and oxygen atoms in total. The molecule has 0 radical (unpaired) electrons. The first-order valence-corrected chi connectivity index (χ1v) is 6.44. The van der Waals surface area contributed by atoms with Gasteiger partial charge in [-0.25, -0.2) is 0 Å². The Bertz CT molecular complexity index is 430. The zero-order valence-electron chi connectivity index (χ0n) is 10.3. The first-order chi connectivity index (χ1) is 8.08. The van der Waals surface area contributed by atoms with Crippen molar-refractivity contribution in [2.75, 3.05) is 13.1 Å². The molecule has 1 aromatic carbocycles. The predicted molar refractivity (Wildman–Crippen MR) is 70.4 cm³/mol. The number of carbonyl (C=O) groups is 1. The van der Waals surface area contributed by atoms with Gasteiger partial charge in [0.1, 0.15) is 5.78 Å². The van der Waals surface area contributed by atoms with E-state index in [4.69, 9.17) is 11.6 Å². The van der Waals surface area contributed by atoms with Gasteiger partial charge in [-0.15, -0.1) is 0 Å². The molecule has 1 fully saturated rings. The fraction of sp³-hybridized carbons (Fsp3) is 0.500. The Morgan fingerprint density at radius 2 is 2.24 bits per heavy atom. The summed E-state index contributed by atoms with van der Waals surface area (Å²) in [5.41, 5.74) is 2.07. The van der Waals surface area contributed by atoms with Crippen molar-refractivity contribution in [2.24, 2.45) is 11.8 Å². The van der Waals surface area contributed by atoms with Gasteiger partial charge in [0.25, 0.3) is 0 Å². The molecule has 1 aromatic rings. The van der Waals surface area contributed by atoms with Crippen LogP contribution < -0.4 is 5.32 Å². The molecule has 0 aromatic heterocycles. The van der Waals surface area contributed by atoms with Crippen LogP contribution in [0.2, 0.25) is 5.02 Å². The van der Waals surface area contributed by atoms with Crippen LogP contribution in [0.5, 0.6) is 0 Å². The van der Waals surface area contributed by atoms with Gasteiger partial charge in [-0.05, 0) is 36.6 Å². The van der Waals surface area contributed by atoms with Gasteiger partial charge in [-0.2, -0.15) is 0 Å². The average molecular weight is 252 g/mol. The van der Waals surface area contributed by atoms with Crippen molar-refractivity contribution in [3.05, 3.63) is 34.3 Å². The molecule has 1 heterocycles. The van der Waals surface area contributed by atoms with Gasteiger partial charge in [0.05, 0.1) is 0 Å². The van der Waals surface area contributed by atoms with Gasteiger partial charge in [0, 0.05) is 23.9 Å². The smallest absolute Gasteiger partial charge is 0.141 e. The number of benzene rings is 1. The van der Waals surface area contributed by atoms with Gasteiger partial charge >= 0.3 is 0 Å². The molecule has 2 rings (SSSR count). The number of rotatable bonds is 3. The van der Waals surface area contributed by atoms with Crippen LogP contribution in [-0.4, -0.2) is 18.9 Å². The molecular formula is C14H18ClNO. The van der Waals surface area contributed by atoms with Crippen molar-refractivity contribution in [1.29, 1.82) is 0 Å². The number of nitrogens with one attached hydrogen (secondary N) is 1. The Labute approximate surface area is 107 Å². The van der Waals surface area contributed by atoms with Crippen LogP contribution in [0.3, 0.4) is 0 Å². The van der Waals surface area contributed by atoms with E-state index in [9.17, 15) is 4.79 Å². The van der Waals surface area contributed by atoms with E-state index in [0.29, 0.717) is 23.1 Å². The standard InChI is InChI=1S/C14H18ClNO/c1-9-3-4-11(13(15)5-9)6-14(17)12-8-16-7-10(12)2/h3-5,10,12,16H,6-8H2,1-2H3. The second kappa shape index (κ2) is 5.19. The van der Waals surface area contributed by atoms with Crippen molar-refractivity contribution >= 4 is 17.4 Å². The summed E-state index contributed by atoms with van der Waals surface area (Å²) in [6.45, 7) is 5.88. The summed E-state index contributed by atoms with van der Waals surface area (Å²) < 4.78 is 0. The largest absolute Gasteiger partial charge is 0.316 e. The van der Waals surface area contributed by atoms with E-state index >= 15 is 0 Å². The second-order valence-electron chi connectivity index (χ2n) is 4.98. The van der Waals surface area contributed by atoms with Gasteiger partial charge in [-0.3, -0.25) is 4.79 Å². The first-order valence-electron chi connectivity index (χ1n) is 6.06. The molecule has 1 N–H and O–H groups in total. The van der Waals surface area contributed by atoms with Crippen molar-refractivity contribution in [3.8, 4) is 0 Å². The molecule has 0 aliphatic carbocycles. The van der Waals surface area contributed by atoms with Crippen molar-refractivity contribution in [3.63, 3.8) is 0 Å². The molecule has 0 spiro atoms. The molecule has 1 saturated heterocycles. The van der Waals surface area contributed by atoms with Crippen LogP contribution in [0.1, 0.15) is 18.1 Å². The third kappa shape index (κ3) is 2.88. The minimum absolute atomic E-state index is 0.146. The maximum atomic E-state index is 12.2. The Morgan fingerprint density at radius 1 is 1.47 bits per heavy atom. The van der Waals surface area contributed by atoms with E-state index < -0.39 is 0 Å². The number of aryl methyl sites for hydroxylation is 1. The van der Waals surface area contributed by atoms with Gasteiger partial charge < -0.3 is 5.32 Å². The number of hydrogen-bond acceptors (Lipinski definition) is 2. The number of carbonyl (C=O) groups excluding carboxylic acids is 1. The van der Waals surface area contributed by atoms with E-state index in [1.54, 1.807) is 0 Å². The predicted octanol–water partition coefficient (Wildman–Crippen LogP) is 2.62. The Morgan fingerprint density at radius 3 is 2.82 bits per heavy atom. The lowest BCUT2D eigenvalue weighted by Crippen LogP contribution is -2.23. The van der Waals surface area contributed by atoms with Crippen LogP contribution in [0.25, 0.3) is 0 Å². The monoisotopic (exact) mass is 251 g/mol. The Balaban J connectivity index is 2.07. The van der Waals surface area contributed by atoms with E-state index in [2.05, 4.69) is 12.2 Å². The number of ketones is 1. The van der Waals surface area contributed by atoms with Crippen LogP contribution in [-0.2, 0) is 11.2 Å². The first kappa shape index (κ1) is 12.6. The molecule has 0 saturated carbocycles. The molecule has 2 unspecified atom stereocenters. The topological polar surface area (TPSA) is 29.1 Å². The zero-order valence-corrected chi connectivity index (χ0v) is 11.1. The summed E-state index contributed by atoms with van der Waals surface area (Å²) in [6.07, 6.45) is 0.454. The van der Waals surface area contributed by atoms with Crippen LogP contribution >= 0.6 is 11.6 Å². The summed E-state index contributed by atoms with van der Waals surface area (Å²) in [6, 6.07) is 5.88. The number of Topliss-reactive ketones (excluding diaryl/α,β-unsaturated/α-hetero) is 1. The normalized spacial score (nSPS) is 23.9. The lowest BCUT2D eigenvalue weighted by Gasteiger charge is -2.13. The summed E-state index contributed by atoms with van der Waals surface area (Å²) in [4.78, 5) is 12.2. The van der Waals surface area contributed by atoms with Gasteiger partial charge in [0.15, 0.2) is 0 Å². The minimum atomic E-state index is 0.146. The van der Waals surface area contributed by atoms with Crippen molar-refractivity contribution < 1.29 is 4.79 Å². The summed E-state index contributed by atoms with van der Waals surface area (Å²) >= 11 is 6.15. The highest BCUT2D eigenvalue weighted by Crippen LogP contribution is 2.23. The molecule has 92 valence electrons. The minimum Gasteiger partial charge on any atom is -0.316 e. The fourth-order valence-electron chi connectivity index (χ4n) is 2.36. The molecule has 2 atom stereocenters. The highest BCUT2D eigenvalue weighted by atomic mass is 35.5. The van der Waals surface area contributed by atoms with Gasteiger partial charge in [-0.1, -0.05) is 30.7 Å². The number of hydrogen-bond donors (Lipinski definition) is 1. The van der Waals surface area contributed by atoms with Crippen molar-refractivity contribution in [1.82, 2.24) is 5.32 Å². The Hall–Kier alpha value is -0.860. The molecule has 17 heavy (non-hydrogen) atoms. The summed E-state index contributed by atoms with van der Waals surface area (Å²) in [7, 11) is 0. The zero-order chi connectivity index (χ0) is 12.4. The molecule has 1 aliphatic rings. The van der Waals surface area contributed by atoms with E-state index in [1.807, 2.05) is 25.1 Å². The summed E-state index contributed by atoms with van der Waals surface area (Å²) in [5.74, 6) is 0.882. The second-order valence-corrected chi connectivity index (χ2v) is 5.39. The molecule has 0 bridgehead atoms. The average Bonchev–Trinajstić information content (AvgIpc) is 2.68. The van der Waals surface area contributed by atoms with Crippen LogP contribution in [0, 0.1) is 18.8 Å². The third-order valence-electron chi connectivity index (χ3n) is 3.50. The molecule has 1 aliphatic heterocycles. The van der Waals surface area contributed by atoms with E-state index in [0.717, 1.165) is 24.2 Å². The molecular weight excluding hydrogens is 234 g/mol. The van der Waals surface area contributed by atoms with E-state index in [-0.39, 0.29) is 5.92 Å². The number of halogens is 1. The highest BCUT2D eigenvalue weighted by Gasteiger charge is 2.29. The fourth-order valence-corrected chi connectivity index (χ4v) is 2.66. The van der Waals surface area contributed by atoms with Crippen LogP contribution in [0.4, 0.5) is 0 Å². The lowest BCUT2D eigenvalue weighted by atomic mass is 9.90.